The monoisotopic (exact) mass is 342 g/mol. The van der Waals surface area contributed by atoms with E-state index in [0.717, 1.165) is 43.2 Å². The molecule has 2 fully saturated rings. The molecule has 1 aromatic rings. The van der Waals surface area contributed by atoms with Gasteiger partial charge in [-0.2, -0.15) is 0 Å². The third-order valence-corrected chi connectivity index (χ3v) is 6.78. The molecule has 25 heavy (non-hydrogen) atoms. The van der Waals surface area contributed by atoms with E-state index < -0.39 is 0 Å². The summed E-state index contributed by atoms with van der Waals surface area (Å²) in [6.45, 7) is 8.28. The molecule has 3 atom stereocenters. The van der Waals surface area contributed by atoms with E-state index >= 15 is 0 Å². The van der Waals surface area contributed by atoms with Crippen LogP contribution in [-0.2, 0) is 10.2 Å². The zero-order valence-corrected chi connectivity index (χ0v) is 15.7. The zero-order chi connectivity index (χ0) is 17.6. The highest BCUT2D eigenvalue weighted by atomic mass is 16.5. The van der Waals surface area contributed by atoms with Crippen molar-refractivity contribution in [2.45, 2.75) is 44.6 Å². The fraction of sp³-hybridized carbons (Fsp3) is 0.667. The summed E-state index contributed by atoms with van der Waals surface area (Å²) < 4.78 is 5.12. The third kappa shape index (κ3) is 2.89. The smallest absolute Gasteiger partial charge is 0.180 e. The van der Waals surface area contributed by atoms with Crippen molar-refractivity contribution in [3.63, 3.8) is 0 Å². The van der Waals surface area contributed by atoms with Crippen LogP contribution in [-0.4, -0.2) is 50.1 Å². The summed E-state index contributed by atoms with van der Waals surface area (Å²) >= 11 is 0. The number of nitrogens with one attached hydrogen (secondary N) is 1. The number of piperidine rings is 1. The minimum Gasteiger partial charge on any atom is -0.383 e. The molecular formula is C21H30N2O2. The molecule has 1 N–H and O–H groups in total. The van der Waals surface area contributed by atoms with Gasteiger partial charge in [0.15, 0.2) is 5.78 Å². The maximum absolute atomic E-state index is 13.3. The first kappa shape index (κ1) is 17.0. The van der Waals surface area contributed by atoms with Gasteiger partial charge < -0.3 is 10.1 Å². The van der Waals surface area contributed by atoms with E-state index in [4.69, 9.17) is 4.74 Å². The van der Waals surface area contributed by atoms with Crippen molar-refractivity contribution in [3.8, 4) is 0 Å². The number of carbonyl (C=O) groups is 1. The number of anilines is 1. The van der Waals surface area contributed by atoms with Crippen molar-refractivity contribution >= 4 is 11.5 Å². The lowest BCUT2D eigenvalue weighted by molar-refractivity contribution is 0.0266. The Morgan fingerprint density at radius 2 is 2.16 bits per heavy atom. The second-order valence-electron chi connectivity index (χ2n) is 8.38. The summed E-state index contributed by atoms with van der Waals surface area (Å²) in [7, 11) is 1.71. The van der Waals surface area contributed by atoms with Crippen LogP contribution in [0.2, 0.25) is 0 Å². The molecule has 2 bridgehead atoms. The van der Waals surface area contributed by atoms with E-state index in [1.807, 2.05) is 12.1 Å². The molecule has 0 radical (unpaired) electrons. The average Bonchev–Trinajstić information content (AvgIpc) is 3.41. The van der Waals surface area contributed by atoms with Gasteiger partial charge in [-0.1, -0.05) is 13.8 Å². The summed E-state index contributed by atoms with van der Waals surface area (Å²) in [6.07, 6.45) is 3.82. The van der Waals surface area contributed by atoms with Gasteiger partial charge in [-0.25, -0.2) is 0 Å². The number of fused-ring (bicyclic) bond motifs is 4. The normalized spacial score (nSPS) is 31.7. The number of benzene rings is 1. The van der Waals surface area contributed by atoms with E-state index in [1.165, 1.54) is 18.4 Å². The van der Waals surface area contributed by atoms with Crippen LogP contribution < -0.4 is 5.32 Å². The van der Waals surface area contributed by atoms with Crippen LogP contribution in [0.3, 0.4) is 0 Å². The number of carbonyl (C=O) groups excluding carboxylic acids is 1. The Bertz CT molecular complexity index is 670. The Labute approximate surface area is 150 Å². The molecule has 1 heterocycles. The lowest BCUT2D eigenvalue weighted by Crippen LogP contribution is -2.61. The number of hydrogen-bond acceptors (Lipinski definition) is 4. The quantitative estimate of drug-likeness (QED) is 0.805. The minimum absolute atomic E-state index is 0.0687. The largest absolute Gasteiger partial charge is 0.383 e. The number of Topliss-reactive ketones (excluding diaryl/α,β-unsaturated/α-hetero) is 1. The topological polar surface area (TPSA) is 41.6 Å². The first-order chi connectivity index (χ1) is 12.0. The maximum Gasteiger partial charge on any atom is 0.180 e. The summed E-state index contributed by atoms with van der Waals surface area (Å²) in [5.74, 6) is 1.54. The van der Waals surface area contributed by atoms with Crippen LogP contribution >= 0.6 is 0 Å². The summed E-state index contributed by atoms with van der Waals surface area (Å²) in [5, 5.41) is 3.41. The predicted octanol–water partition coefficient (Wildman–Crippen LogP) is 3.32. The number of ether oxygens (including phenoxy) is 1. The molecule has 1 aromatic carbocycles. The van der Waals surface area contributed by atoms with E-state index in [9.17, 15) is 4.79 Å². The van der Waals surface area contributed by atoms with Crippen molar-refractivity contribution in [1.29, 1.82) is 0 Å². The third-order valence-electron chi connectivity index (χ3n) is 6.78. The molecule has 0 unspecified atom stereocenters. The fourth-order valence-electron chi connectivity index (χ4n) is 4.82. The van der Waals surface area contributed by atoms with E-state index in [1.54, 1.807) is 7.11 Å². The minimum atomic E-state index is 0.0687. The molecule has 1 saturated heterocycles. The highest BCUT2D eigenvalue weighted by molar-refractivity contribution is 6.04. The Hall–Kier alpha value is -1.39. The van der Waals surface area contributed by atoms with Crippen LogP contribution in [0.15, 0.2) is 18.2 Å². The molecule has 4 heteroatoms. The summed E-state index contributed by atoms with van der Waals surface area (Å²) in [5.41, 5.74) is 3.38. The summed E-state index contributed by atoms with van der Waals surface area (Å²) in [6, 6.07) is 6.38. The Kier molecular flexibility index (Phi) is 4.37. The van der Waals surface area contributed by atoms with Crippen LogP contribution in [0.1, 0.15) is 49.0 Å². The van der Waals surface area contributed by atoms with Crippen molar-refractivity contribution in [1.82, 2.24) is 4.90 Å². The number of rotatable bonds is 6. The molecule has 1 saturated carbocycles. The van der Waals surface area contributed by atoms with Gasteiger partial charge in [-0.3, -0.25) is 9.69 Å². The number of hydrogen-bond donors (Lipinski definition) is 1. The van der Waals surface area contributed by atoms with Crippen molar-refractivity contribution in [2.75, 3.05) is 38.7 Å². The van der Waals surface area contributed by atoms with E-state index in [-0.39, 0.29) is 11.5 Å². The Balaban J connectivity index is 1.65. The van der Waals surface area contributed by atoms with E-state index in [0.29, 0.717) is 18.3 Å². The predicted molar refractivity (Wildman–Crippen MR) is 100 cm³/mol. The number of ketones is 1. The molecule has 4 nitrogen and oxygen atoms in total. The van der Waals surface area contributed by atoms with Gasteiger partial charge in [0.25, 0.3) is 0 Å². The van der Waals surface area contributed by atoms with Gasteiger partial charge in [0, 0.05) is 31.5 Å². The van der Waals surface area contributed by atoms with Gasteiger partial charge in [0.1, 0.15) is 0 Å². The number of methoxy groups -OCH3 is 1. The van der Waals surface area contributed by atoms with Crippen LogP contribution in [0.25, 0.3) is 0 Å². The molecule has 1 aliphatic heterocycles. The number of nitrogens with zero attached hydrogens (tertiary/aromatic N) is 1. The molecule has 136 valence electrons. The van der Waals surface area contributed by atoms with Gasteiger partial charge in [-0.05, 0) is 66.8 Å². The average molecular weight is 342 g/mol. The lowest BCUT2D eigenvalue weighted by Gasteiger charge is -2.53. The highest BCUT2D eigenvalue weighted by Crippen LogP contribution is 2.49. The van der Waals surface area contributed by atoms with Crippen LogP contribution in [0, 0.1) is 11.8 Å². The van der Waals surface area contributed by atoms with Crippen molar-refractivity contribution in [2.24, 2.45) is 11.8 Å². The summed E-state index contributed by atoms with van der Waals surface area (Å²) in [4.78, 5) is 15.8. The first-order valence-corrected chi connectivity index (χ1v) is 9.70. The maximum atomic E-state index is 13.3. The van der Waals surface area contributed by atoms with Crippen LogP contribution in [0.4, 0.5) is 5.69 Å². The van der Waals surface area contributed by atoms with Crippen LogP contribution in [0.5, 0.6) is 0 Å². The van der Waals surface area contributed by atoms with Gasteiger partial charge in [0.2, 0.25) is 0 Å². The highest BCUT2D eigenvalue weighted by Gasteiger charge is 2.52. The first-order valence-electron chi connectivity index (χ1n) is 9.70. The standard InChI is InChI=1S/C21H30N2O2/c1-14-19-20(24)17-7-6-16(22-9-11-25-3)12-18(17)21(14,2)8-10-23(19)13-15-4-5-15/h6-7,12,14-15,19,22H,4-5,8-11,13H2,1-3H3/t14-,19-,21+/m0/s1. The molecule has 4 rings (SSSR count). The second-order valence-corrected chi connectivity index (χ2v) is 8.38. The second kappa shape index (κ2) is 6.40. The molecule has 0 aromatic heterocycles. The fourth-order valence-corrected chi connectivity index (χ4v) is 4.82. The van der Waals surface area contributed by atoms with Crippen molar-refractivity contribution in [3.05, 3.63) is 29.3 Å². The van der Waals surface area contributed by atoms with Crippen molar-refractivity contribution < 1.29 is 9.53 Å². The van der Waals surface area contributed by atoms with Gasteiger partial charge >= 0.3 is 0 Å². The van der Waals surface area contributed by atoms with E-state index in [2.05, 4.69) is 30.1 Å². The molecule has 2 aliphatic carbocycles. The molecule has 0 spiro atoms. The SMILES string of the molecule is COCCNc1ccc2c(c1)[C@]1(C)CCN(CC3CC3)[C@H](C2=O)[C@@H]1C. The molecular weight excluding hydrogens is 312 g/mol. The van der Waals surface area contributed by atoms with Gasteiger partial charge in [0.05, 0.1) is 12.6 Å². The Morgan fingerprint density at radius 3 is 2.88 bits per heavy atom. The Morgan fingerprint density at radius 1 is 1.36 bits per heavy atom. The molecule has 3 aliphatic rings. The molecule has 0 amide bonds. The lowest BCUT2D eigenvalue weighted by atomic mass is 9.58. The van der Waals surface area contributed by atoms with Gasteiger partial charge in [-0.15, -0.1) is 0 Å². The zero-order valence-electron chi connectivity index (χ0n) is 15.7. The number of likely N-dealkylation sites (tertiary alicyclic amines) is 1.